The average Bonchev–Trinajstić information content (AvgIpc) is 3.05. The molecule has 6 nitrogen and oxygen atoms in total. The van der Waals surface area contributed by atoms with E-state index in [4.69, 9.17) is 10.5 Å². The Labute approximate surface area is 173 Å². The SMILES string of the molecule is CCC1(c2cccc(NS(C)(=O)=O)c2)C2CN(CCOc3ccc(N)cc3)CC21. The highest BCUT2D eigenvalue weighted by molar-refractivity contribution is 7.92. The van der Waals surface area contributed by atoms with Crippen molar-refractivity contribution in [3.05, 3.63) is 54.1 Å². The maximum Gasteiger partial charge on any atom is 0.229 e. The number of piperidine rings is 1. The summed E-state index contributed by atoms with van der Waals surface area (Å²) in [5.41, 5.74) is 8.51. The number of sulfonamides is 1. The molecular formula is C22H29N3O3S. The zero-order chi connectivity index (χ0) is 20.6. The first-order valence-electron chi connectivity index (χ1n) is 10.1. The minimum absolute atomic E-state index is 0.170. The molecule has 2 unspecified atom stereocenters. The molecule has 0 radical (unpaired) electrons. The van der Waals surface area contributed by atoms with E-state index in [1.165, 1.54) is 11.8 Å². The third kappa shape index (κ3) is 4.07. The van der Waals surface area contributed by atoms with E-state index in [2.05, 4.69) is 22.6 Å². The monoisotopic (exact) mass is 415 g/mol. The summed E-state index contributed by atoms with van der Waals surface area (Å²) in [6.45, 7) is 5.94. The molecule has 1 saturated carbocycles. The first-order chi connectivity index (χ1) is 13.8. The van der Waals surface area contributed by atoms with Gasteiger partial charge in [0.05, 0.1) is 6.26 Å². The number of rotatable bonds is 8. The number of hydrogen-bond acceptors (Lipinski definition) is 5. The molecule has 29 heavy (non-hydrogen) atoms. The zero-order valence-electron chi connectivity index (χ0n) is 17.0. The third-order valence-corrected chi connectivity index (χ3v) is 7.06. The first kappa shape index (κ1) is 20.0. The molecule has 4 rings (SSSR count). The molecule has 2 aliphatic rings. The van der Waals surface area contributed by atoms with E-state index < -0.39 is 10.0 Å². The first-order valence-corrected chi connectivity index (χ1v) is 12.0. The molecule has 7 heteroatoms. The minimum Gasteiger partial charge on any atom is -0.492 e. The normalized spacial score (nSPS) is 26.1. The van der Waals surface area contributed by atoms with Crippen molar-refractivity contribution in [2.75, 3.05) is 43.0 Å². The Balaban J connectivity index is 1.35. The smallest absolute Gasteiger partial charge is 0.229 e. The minimum atomic E-state index is -3.27. The molecule has 3 N–H and O–H groups in total. The van der Waals surface area contributed by atoms with Crippen LogP contribution >= 0.6 is 0 Å². The van der Waals surface area contributed by atoms with Crippen LogP contribution in [0.25, 0.3) is 0 Å². The topological polar surface area (TPSA) is 84.7 Å². The fraction of sp³-hybridized carbons (Fsp3) is 0.455. The Morgan fingerprint density at radius 2 is 1.86 bits per heavy atom. The van der Waals surface area contributed by atoms with E-state index in [9.17, 15) is 8.42 Å². The van der Waals surface area contributed by atoms with E-state index in [1.54, 1.807) is 0 Å². The Kier molecular flexibility index (Phi) is 5.21. The number of hydrogen-bond donors (Lipinski definition) is 2. The Morgan fingerprint density at radius 3 is 2.48 bits per heavy atom. The van der Waals surface area contributed by atoms with Gasteiger partial charge in [0.15, 0.2) is 0 Å². The van der Waals surface area contributed by atoms with Gasteiger partial charge in [-0.2, -0.15) is 0 Å². The van der Waals surface area contributed by atoms with E-state index in [0.717, 1.165) is 37.5 Å². The largest absolute Gasteiger partial charge is 0.492 e. The molecule has 2 aromatic carbocycles. The number of nitrogens with one attached hydrogen (secondary N) is 1. The highest BCUT2D eigenvalue weighted by Crippen LogP contribution is 2.65. The van der Waals surface area contributed by atoms with Crippen LogP contribution in [0.2, 0.25) is 0 Å². The predicted molar refractivity (Wildman–Crippen MR) is 117 cm³/mol. The van der Waals surface area contributed by atoms with Crippen molar-refractivity contribution >= 4 is 21.4 Å². The second kappa shape index (κ2) is 7.54. The molecule has 0 aromatic heterocycles. The molecular weight excluding hydrogens is 386 g/mol. The molecule has 1 heterocycles. The van der Waals surface area contributed by atoms with E-state index in [0.29, 0.717) is 24.1 Å². The van der Waals surface area contributed by atoms with Crippen molar-refractivity contribution < 1.29 is 13.2 Å². The summed E-state index contributed by atoms with van der Waals surface area (Å²) >= 11 is 0. The Morgan fingerprint density at radius 1 is 1.17 bits per heavy atom. The van der Waals surface area contributed by atoms with Crippen molar-refractivity contribution in [2.45, 2.75) is 18.8 Å². The van der Waals surface area contributed by atoms with Crippen molar-refractivity contribution in [1.82, 2.24) is 4.90 Å². The van der Waals surface area contributed by atoms with Gasteiger partial charge in [0.2, 0.25) is 10.0 Å². The van der Waals surface area contributed by atoms with Crippen molar-refractivity contribution in [2.24, 2.45) is 11.8 Å². The van der Waals surface area contributed by atoms with Gasteiger partial charge in [-0.1, -0.05) is 19.1 Å². The molecule has 0 bridgehead atoms. The number of nitrogen functional groups attached to an aromatic ring is 1. The summed E-state index contributed by atoms with van der Waals surface area (Å²) in [5.74, 6) is 2.09. The number of fused-ring (bicyclic) bond motifs is 1. The summed E-state index contributed by atoms with van der Waals surface area (Å²) < 4.78 is 31.6. The van der Waals surface area contributed by atoms with Crippen LogP contribution in [0.4, 0.5) is 11.4 Å². The van der Waals surface area contributed by atoms with Crippen molar-refractivity contribution in [3.63, 3.8) is 0 Å². The predicted octanol–water partition coefficient (Wildman–Crippen LogP) is 2.93. The van der Waals surface area contributed by atoms with Crippen LogP contribution in [-0.2, 0) is 15.4 Å². The molecule has 0 amide bonds. The summed E-state index contributed by atoms with van der Waals surface area (Å²) in [6, 6.07) is 15.4. The summed E-state index contributed by atoms with van der Waals surface area (Å²) in [6.07, 6.45) is 2.26. The van der Waals surface area contributed by atoms with Gasteiger partial charge in [-0.05, 0) is 60.2 Å². The lowest BCUT2D eigenvalue weighted by Gasteiger charge is -2.26. The summed E-state index contributed by atoms with van der Waals surface area (Å²) in [4.78, 5) is 2.47. The number of likely N-dealkylation sites (tertiary alicyclic amines) is 1. The van der Waals surface area contributed by atoms with Crippen LogP contribution in [0.5, 0.6) is 5.75 Å². The number of ether oxygens (including phenoxy) is 1. The van der Waals surface area contributed by atoms with Gasteiger partial charge >= 0.3 is 0 Å². The highest BCUT2D eigenvalue weighted by atomic mass is 32.2. The zero-order valence-corrected chi connectivity index (χ0v) is 17.8. The summed E-state index contributed by atoms with van der Waals surface area (Å²) in [7, 11) is -3.27. The van der Waals surface area contributed by atoms with Gasteiger partial charge in [0.1, 0.15) is 12.4 Å². The molecule has 2 atom stereocenters. The highest BCUT2D eigenvalue weighted by Gasteiger charge is 2.67. The maximum absolute atomic E-state index is 11.6. The van der Waals surface area contributed by atoms with Gasteiger partial charge in [-0.3, -0.25) is 9.62 Å². The van der Waals surface area contributed by atoms with Crippen LogP contribution in [-0.4, -0.2) is 45.8 Å². The standard InChI is InChI=1S/C22H29N3O3S/c1-3-22(16-5-4-6-18(13-16)24-29(2,26)27)20-14-25(15-21(20)22)11-12-28-19-9-7-17(23)8-10-19/h4-10,13,20-21,24H,3,11-12,14-15,23H2,1-2H3. The molecule has 1 aliphatic heterocycles. The second-order valence-corrected chi connectivity index (χ2v) is 9.99. The van der Waals surface area contributed by atoms with E-state index >= 15 is 0 Å². The van der Waals surface area contributed by atoms with Crippen molar-refractivity contribution in [1.29, 1.82) is 0 Å². The van der Waals surface area contributed by atoms with Crippen LogP contribution in [0.1, 0.15) is 18.9 Å². The van der Waals surface area contributed by atoms with Crippen LogP contribution in [0.15, 0.2) is 48.5 Å². The van der Waals surface area contributed by atoms with Crippen molar-refractivity contribution in [3.8, 4) is 5.75 Å². The number of nitrogens with two attached hydrogens (primary N) is 1. The molecule has 1 saturated heterocycles. The van der Waals surface area contributed by atoms with Gasteiger partial charge in [-0.25, -0.2) is 8.42 Å². The number of nitrogens with zero attached hydrogens (tertiary/aromatic N) is 1. The lowest BCUT2D eigenvalue weighted by atomic mass is 9.87. The van der Waals surface area contributed by atoms with Crippen LogP contribution in [0.3, 0.4) is 0 Å². The lowest BCUT2D eigenvalue weighted by Crippen LogP contribution is -2.33. The fourth-order valence-electron chi connectivity index (χ4n) is 5.10. The van der Waals surface area contributed by atoms with Gasteiger partial charge < -0.3 is 10.5 Å². The molecule has 156 valence electrons. The van der Waals surface area contributed by atoms with Gasteiger partial charge in [0, 0.05) is 36.4 Å². The van der Waals surface area contributed by atoms with Gasteiger partial charge in [-0.15, -0.1) is 0 Å². The van der Waals surface area contributed by atoms with Gasteiger partial charge in [0.25, 0.3) is 0 Å². The number of anilines is 2. The quantitative estimate of drug-likeness (QED) is 0.648. The number of benzene rings is 2. The van der Waals surface area contributed by atoms with Crippen LogP contribution < -0.4 is 15.2 Å². The molecule has 2 aromatic rings. The average molecular weight is 416 g/mol. The third-order valence-electron chi connectivity index (χ3n) is 6.45. The Hall–Kier alpha value is -2.25. The lowest BCUT2D eigenvalue weighted by molar-refractivity contribution is 0.209. The fourth-order valence-corrected chi connectivity index (χ4v) is 5.65. The molecule has 1 aliphatic carbocycles. The molecule has 0 spiro atoms. The maximum atomic E-state index is 11.6. The van der Waals surface area contributed by atoms with E-state index in [1.807, 2.05) is 42.5 Å². The summed E-state index contributed by atoms with van der Waals surface area (Å²) in [5, 5.41) is 0. The Bertz CT molecular complexity index is 963. The molecule has 2 fully saturated rings. The van der Waals surface area contributed by atoms with Crippen LogP contribution in [0, 0.1) is 11.8 Å². The second-order valence-electron chi connectivity index (χ2n) is 8.24. The van der Waals surface area contributed by atoms with E-state index in [-0.39, 0.29) is 5.41 Å².